The molecule has 0 fully saturated rings. The molecule has 108 valence electrons. The first-order valence-corrected chi connectivity index (χ1v) is 7.49. The van der Waals surface area contributed by atoms with Crippen molar-refractivity contribution in [2.75, 3.05) is 0 Å². The first-order chi connectivity index (χ1) is 10.2. The summed E-state index contributed by atoms with van der Waals surface area (Å²) in [6.45, 7) is 5.10. The molecule has 1 N–H and O–H groups in total. The quantitative estimate of drug-likeness (QED) is 0.702. The van der Waals surface area contributed by atoms with Crippen LogP contribution in [0.1, 0.15) is 25.0 Å². The van der Waals surface area contributed by atoms with Gasteiger partial charge in [0.15, 0.2) is 0 Å². The Morgan fingerprint density at radius 2 is 1.86 bits per heavy atom. The molecule has 1 heterocycles. The lowest BCUT2D eigenvalue weighted by molar-refractivity contribution is 0.306. The highest BCUT2D eigenvalue weighted by atomic mass is 16.5. The monoisotopic (exact) mass is 279 g/mol. The van der Waals surface area contributed by atoms with Gasteiger partial charge in [-0.3, -0.25) is 0 Å². The Balaban J connectivity index is 1.79. The van der Waals surface area contributed by atoms with E-state index in [9.17, 15) is 0 Å². The molecule has 0 aliphatic heterocycles. The number of hydrogen-bond acceptors (Lipinski definition) is 1. The first kappa shape index (κ1) is 13.7. The van der Waals surface area contributed by atoms with Crippen LogP contribution in [-0.2, 0) is 13.0 Å². The fraction of sp³-hybridized carbons (Fsp3) is 0.263. The smallest absolute Gasteiger partial charge is 0.120 e. The molecular weight excluding hydrogens is 258 g/mol. The predicted octanol–water partition coefficient (Wildman–Crippen LogP) is 4.95. The van der Waals surface area contributed by atoms with E-state index in [1.165, 1.54) is 22.0 Å². The van der Waals surface area contributed by atoms with Crippen molar-refractivity contribution in [3.8, 4) is 5.75 Å². The Kier molecular flexibility index (Phi) is 3.96. The number of H-pyrrole nitrogens is 1. The SMILES string of the molecule is CC(C)Cc1c[nH]c2ccc(OCc3ccccc3)cc12. The molecule has 0 saturated carbocycles. The van der Waals surface area contributed by atoms with E-state index in [-0.39, 0.29) is 0 Å². The van der Waals surface area contributed by atoms with Crippen molar-refractivity contribution in [2.45, 2.75) is 26.9 Å². The van der Waals surface area contributed by atoms with Crippen LogP contribution in [0.5, 0.6) is 5.75 Å². The average Bonchev–Trinajstić information content (AvgIpc) is 2.88. The zero-order valence-corrected chi connectivity index (χ0v) is 12.6. The number of aromatic amines is 1. The summed E-state index contributed by atoms with van der Waals surface area (Å²) in [5, 5.41) is 1.27. The Morgan fingerprint density at radius 1 is 1.05 bits per heavy atom. The highest BCUT2D eigenvalue weighted by Crippen LogP contribution is 2.26. The van der Waals surface area contributed by atoms with Gasteiger partial charge in [0.2, 0.25) is 0 Å². The maximum Gasteiger partial charge on any atom is 0.120 e. The summed E-state index contributed by atoms with van der Waals surface area (Å²) in [5.41, 5.74) is 3.73. The maximum absolute atomic E-state index is 5.92. The summed E-state index contributed by atoms with van der Waals surface area (Å²) in [7, 11) is 0. The molecule has 3 aromatic rings. The average molecular weight is 279 g/mol. The van der Waals surface area contributed by atoms with Crippen LogP contribution in [0.15, 0.2) is 54.7 Å². The third-order valence-electron chi connectivity index (χ3n) is 3.62. The van der Waals surface area contributed by atoms with E-state index in [0.717, 1.165) is 12.2 Å². The second-order valence-electron chi connectivity index (χ2n) is 5.89. The van der Waals surface area contributed by atoms with Gasteiger partial charge in [-0.2, -0.15) is 0 Å². The number of rotatable bonds is 5. The van der Waals surface area contributed by atoms with Crippen LogP contribution >= 0.6 is 0 Å². The third kappa shape index (κ3) is 3.27. The number of hydrogen-bond donors (Lipinski definition) is 1. The second-order valence-corrected chi connectivity index (χ2v) is 5.89. The summed E-state index contributed by atoms with van der Waals surface area (Å²) < 4.78 is 5.92. The number of aromatic nitrogens is 1. The van der Waals surface area contributed by atoms with Crippen molar-refractivity contribution in [1.82, 2.24) is 4.98 Å². The molecule has 0 unspecified atom stereocenters. The molecule has 2 nitrogen and oxygen atoms in total. The van der Waals surface area contributed by atoms with Crippen LogP contribution in [-0.4, -0.2) is 4.98 Å². The predicted molar refractivity (Wildman–Crippen MR) is 87.6 cm³/mol. The molecule has 0 atom stereocenters. The summed E-state index contributed by atoms with van der Waals surface area (Å²) >= 11 is 0. The largest absolute Gasteiger partial charge is 0.489 e. The Labute approximate surface area is 125 Å². The summed E-state index contributed by atoms with van der Waals surface area (Å²) in [4.78, 5) is 3.34. The highest BCUT2D eigenvalue weighted by molar-refractivity contribution is 5.84. The molecule has 2 aromatic carbocycles. The Hall–Kier alpha value is -2.22. The lowest BCUT2D eigenvalue weighted by Gasteiger charge is -2.08. The minimum absolute atomic E-state index is 0.607. The zero-order valence-electron chi connectivity index (χ0n) is 12.6. The molecular formula is C19H21NO. The van der Waals surface area contributed by atoms with Gasteiger partial charge in [0.05, 0.1) is 0 Å². The third-order valence-corrected chi connectivity index (χ3v) is 3.62. The van der Waals surface area contributed by atoms with E-state index in [0.29, 0.717) is 12.5 Å². The Morgan fingerprint density at radius 3 is 2.62 bits per heavy atom. The van der Waals surface area contributed by atoms with Crippen molar-refractivity contribution in [3.05, 3.63) is 65.9 Å². The normalized spacial score (nSPS) is 11.2. The number of fused-ring (bicyclic) bond motifs is 1. The van der Waals surface area contributed by atoms with Gasteiger partial charge in [-0.05, 0) is 41.7 Å². The molecule has 0 saturated heterocycles. The van der Waals surface area contributed by atoms with E-state index in [2.05, 4.69) is 49.3 Å². The standard InChI is InChI=1S/C19H21NO/c1-14(2)10-16-12-20-19-9-8-17(11-18(16)19)21-13-15-6-4-3-5-7-15/h3-9,11-12,14,20H,10,13H2,1-2H3. The van der Waals surface area contributed by atoms with Gasteiger partial charge in [0, 0.05) is 17.1 Å². The van der Waals surface area contributed by atoms with Gasteiger partial charge in [-0.15, -0.1) is 0 Å². The maximum atomic E-state index is 5.92. The van der Waals surface area contributed by atoms with Gasteiger partial charge >= 0.3 is 0 Å². The van der Waals surface area contributed by atoms with Gasteiger partial charge < -0.3 is 9.72 Å². The topological polar surface area (TPSA) is 25.0 Å². The second kappa shape index (κ2) is 6.04. The molecule has 0 aliphatic rings. The van der Waals surface area contributed by atoms with Gasteiger partial charge in [-0.25, -0.2) is 0 Å². The fourth-order valence-corrected chi connectivity index (χ4v) is 2.60. The zero-order chi connectivity index (χ0) is 14.7. The lowest BCUT2D eigenvalue weighted by atomic mass is 10.0. The van der Waals surface area contributed by atoms with Crippen molar-refractivity contribution in [1.29, 1.82) is 0 Å². The van der Waals surface area contributed by atoms with Gasteiger partial charge in [0.25, 0.3) is 0 Å². The van der Waals surface area contributed by atoms with E-state index >= 15 is 0 Å². The van der Waals surface area contributed by atoms with E-state index in [1.807, 2.05) is 24.3 Å². The van der Waals surface area contributed by atoms with Crippen molar-refractivity contribution >= 4 is 10.9 Å². The van der Waals surface area contributed by atoms with Crippen LogP contribution in [0, 0.1) is 5.92 Å². The fourth-order valence-electron chi connectivity index (χ4n) is 2.60. The van der Waals surface area contributed by atoms with Crippen molar-refractivity contribution < 1.29 is 4.74 Å². The highest BCUT2D eigenvalue weighted by Gasteiger charge is 2.07. The van der Waals surface area contributed by atoms with Crippen LogP contribution in [0.25, 0.3) is 10.9 Å². The molecule has 3 rings (SSSR count). The number of benzene rings is 2. The summed E-state index contributed by atoms with van der Waals surface area (Å²) in [5.74, 6) is 1.58. The van der Waals surface area contributed by atoms with E-state index < -0.39 is 0 Å². The van der Waals surface area contributed by atoms with Gasteiger partial charge in [-0.1, -0.05) is 44.2 Å². The molecule has 0 radical (unpaired) electrons. The molecule has 0 spiro atoms. The molecule has 2 heteroatoms. The first-order valence-electron chi connectivity index (χ1n) is 7.49. The Bertz CT molecular complexity index is 713. The molecule has 1 aromatic heterocycles. The number of nitrogens with one attached hydrogen (secondary N) is 1. The van der Waals surface area contributed by atoms with E-state index in [1.54, 1.807) is 0 Å². The van der Waals surface area contributed by atoms with Crippen LogP contribution < -0.4 is 4.74 Å². The van der Waals surface area contributed by atoms with Crippen molar-refractivity contribution in [3.63, 3.8) is 0 Å². The summed E-state index contributed by atoms with van der Waals surface area (Å²) in [6.07, 6.45) is 3.20. The van der Waals surface area contributed by atoms with Crippen LogP contribution in [0.4, 0.5) is 0 Å². The minimum Gasteiger partial charge on any atom is -0.489 e. The molecule has 0 aliphatic carbocycles. The van der Waals surface area contributed by atoms with E-state index in [4.69, 9.17) is 4.74 Å². The molecule has 0 bridgehead atoms. The lowest BCUT2D eigenvalue weighted by Crippen LogP contribution is -1.95. The summed E-state index contributed by atoms with van der Waals surface area (Å²) in [6, 6.07) is 16.5. The molecule has 0 amide bonds. The van der Waals surface area contributed by atoms with Gasteiger partial charge in [0.1, 0.15) is 12.4 Å². The van der Waals surface area contributed by atoms with Crippen LogP contribution in [0.2, 0.25) is 0 Å². The van der Waals surface area contributed by atoms with Crippen molar-refractivity contribution in [2.24, 2.45) is 5.92 Å². The molecule has 21 heavy (non-hydrogen) atoms. The minimum atomic E-state index is 0.607. The number of ether oxygens (including phenoxy) is 1. The van der Waals surface area contributed by atoms with Crippen LogP contribution in [0.3, 0.4) is 0 Å².